The lowest BCUT2D eigenvalue weighted by Gasteiger charge is -2.06. The van der Waals surface area contributed by atoms with Gasteiger partial charge in [0.25, 0.3) is 0 Å². The van der Waals surface area contributed by atoms with Crippen LogP contribution in [0.2, 0.25) is 10.0 Å². The summed E-state index contributed by atoms with van der Waals surface area (Å²) >= 11 is 11.7. The molecule has 0 saturated carbocycles. The minimum Gasteiger partial charge on any atom is -0.481 e. The lowest BCUT2D eigenvalue weighted by molar-refractivity contribution is -0.138. The van der Waals surface area contributed by atoms with Crippen LogP contribution in [0.15, 0.2) is 12.1 Å². The average molecular weight is 232 g/mol. The Hall–Kier alpha value is -0.930. The van der Waals surface area contributed by atoms with Crippen LogP contribution >= 0.6 is 23.2 Å². The fourth-order valence-corrected chi connectivity index (χ4v) is 2.24. The third-order valence-corrected chi connectivity index (χ3v) is 2.77. The molecule has 0 aliphatic carbocycles. The van der Waals surface area contributed by atoms with Crippen LogP contribution < -0.4 is 5.32 Å². The molecule has 2 rings (SSSR count). The summed E-state index contributed by atoms with van der Waals surface area (Å²) in [5.74, 6) is -1.45. The van der Waals surface area contributed by atoms with Crippen molar-refractivity contribution in [3.8, 4) is 0 Å². The van der Waals surface area contributed by atoms with E-state index in [-0.39, 0.29) is 0 Å². The minimum atomic E-state index is -0.875. The Morgan fingerprint density at radius 3 is 2.86 bits per heavy atom. The predicted molar refractivity (Wildman–Crippen MR) is 55.3 cm³/mol. The Morgan fingerprint density at radius 1 is 1.50 bits per heavy atom. The number of rotatable bonds is 1. The van der Waals surface area contributed by atoms with Gasteiger partial charge in [-0.15, -0.1) is 0 Å². The summed E-state index contributed by atoms with van der Waals surface area (Å²) in [4.78, 5) is 10.9. The molecule has 0 bridgehead atoms. The van der Waals surface area contributed by atoms with Crippen LogP contribution in [0.3, 0.4) is 0 Å². The molecule has 1 unspecified atom stereocenters. The van der Waals surface area contributed by atoms with E-state index in [9.17, 15) is 4.79 Å². The van der Waals surface area contributed by atoms with E-state index in [0.29, 0.717) is 22.2 Å². The Labute approximate surface area is 90.6 Å². The molecule has 1 heterocycles. The number of benzene rings is 1. The number of carboxylic acid groups (broad SMARTS) is 1. The molecule has 0 saturated heterocycles. The van der Waals surface area contributed by atoms with Gasteiger partial charge in [0.2, 0.25) is 0 Å². The van der Waals surface area contributed by atoms with Crippen molar-refractivity contribution in [2.24, 2.45) is 0 Å². The molecule has 1 aliphatic heterocycles. The van der Waals surface area contributed by atoms with Crippen LogP contribution in [0.5, 0.6) is 0 Å². The maximum Gasteiger partial charge on any atom is 0.312 e. The van der Waals surface area contributed by atoms with Crippen LogP contribution in [0.25, 0.3) is 0 Å². The highest BCUT2D eigenvalue weighted by Gasteiger charge is 2.30. The molecule has 1 atom stereocenters. The van der Waals surface area contributed by atoms with E-state index < -0.39 is 11.9 Å². The first-order valence-electron chi connectivity index (χ1n) is 4.05. The lowest BCUT2D eigenvalue weighted by atomic mass is 10.0. The zero-order valence-electron chi connectivity index (χ0n) is 7.05. The highest BCUT2D eigenvalue weighted by atomic mass is 35.5. The molecule has 1 aromatic carbocycles. The second-order valence-corrected chi connectivity index (χ2v) is 3.96. The van der Waals surface area contributed by atoms with Gasteiger partial charge >= 0.3 is 5.97 Å². The zero-order chi connectivity index (χ0) is 10.3. The second-order valence-electron chi connectivity index (χ2n) is 3.12. The van der Waals surface area contributed by atoms with Crippen molar-refractivity contribution in [2.45, 2.75) is 5.92 Å². The number of aliphatic carboxylic acids is 1. The maximum atomic E-state index is 10.9. The van der Waals surface area contributed by atoms with Crippen LogP contribution in [0.4, 0.5) is 5.69 Å². The number of fused-ring (bicyclic) bond motifs is 1. The molecule has 0 amide bonds. The van der Waals surface area contributed by atoms with Crippen LogP contribution in [0.1, 0.15) is 11.5 Å². The molecule has 1 aliphatic rings. The van der Waals surface area contributed by atoms with Gasteiger partial charge in [-0.1, -0.05) is 23.2 Å². The number of hydrogen-bond donors (Lipinski definition) is 2. The van der Waals surface area contributed by atoms with Gasteiger partial charge in [0, 0.05) is 27.8 Å². The second kappa shape index (κ2) is 3.33. The van der Waals surface area contributed by atoms with Gasteiger partial charge in [-0.05, 0) is 12.1 Å². The van der Waals surface area contributed by atoms with E-state index in [1.807, 2.05) is 0 Å². The Balaban J connectivity index is 2.54. The van der Waals surface area contributed by atoms with Gasteiger partial charge in [0.1, 0.15) is 5.92 Å². The molecule has 14 heavy (non-hydrogen) atoms. The Bertz CT molecular complexity index is 406. The highest BCUT2D eigenvalue weighted by Crippen LogP contribution is 2.39. The highest BCUT2D eigenvalue weighted by molar-refractivity contribution is 6.36. The molecule has 3 nitrogen and oxygen atoms in total. The quantitative estimate of drug-likeness (QED) is 0.782. The monoisotopic (exact) mass is 231 g/mol. The average Bonchev–Trinajstić information content (AvgIpc) is 2.47. The van der Waals surface area contributed by atoms with E-state index in [0.717, 1.165) is 5.69 Å². The summed E-state index contributed by atoms with van der Waals surface area (Å²) in [6.07, 6.45) is 0. The smallest absolute Gasteiger partial charge is 0.312 e. The summed E-state index contributed by atoms with van der Waals surface area (Å²) in [5.41, 5.74) is 1.35. The van der Waals surface area contributed by atoms with Crippen molar-refractivity contribution in [2.75, 3.05) is 11.9 Å². The molecule has 5 heteroatoms. The fraction of sp³-hybridized carbons (Fsp3) is 0.222. The van der Waals surface area contributed by atoms with Gasteiger partial charge in [-0.2, -0.15) is 0 Å². The summed E-state index contributed by atoms with van der Waals surface area (Å²) in [7, 11) is 0. The first-order chi connectivity index (χ1) is 6.59. The van der Waals surface area contributed by atoms with Crippen molar-refractivity contribution in [1.29, 1.82) is 0 Å². The van der Waals surface area contributed by atoms with Crippen molar-refractivity contribution in [1.82, 2.24) is 0 Å². The molecule has 2 N–H and O–H groups in total. The van der Waals surface area contributed by atoms with E-state index in [4.69, 9.17) is 28.3 Å². The third-order valence-electron chi connectivity index (χ3n) is 2.24. The molecule has 0 spiro atoms. The van der Waals surface area contributed by atoms with Crippen molar-refractivity contribution >= 4 is 34.9 Å². The molecule has 74 valence electrons. The topological polar surface area (TPSA) is 49.3 Å². The lowest BCUT2D eigenvalue weighted by Crippen LogP contribution is -2.13. The normalized spacial score (nSPS) is 18.9. The molecule has 0 aromatic heterocycles. The van der Waals surface area contributed by atoms with Crippen LogP contribution in [-0.4, -0.2) is 17.6 Å². The summed E-state index contributed by atoms with van der Waals surface area (Å²) in [6, 6.07) is 3.25. The molecular weight excluding hydrogens is 225 g/mol. The van der Waals surface area contributed by atoms with E-state index in [1.165, 1.54) is 0 Å². The SMILES string of the molecule is O=C(O)C1CNc2cc(Cl)cc(Cl)c21. The molecule has 0 fully saturated rings. The molecule has 0 radical (unpaired) electrons. The van der Waals surface area contributed by atoms with Crippen molar-refractivity contribution in [3.05, 3.63) is 27.7 Å². The van der Waals surface area contributed by atoms with Crippen LogP contribution in [-0.2, 0) is 4.79 Å². The number of carboxylic acids is 1. The van der Waals surface area contributed by atoms with Gasteiger partial charge < -0.3 is 10.4 Å². The third kappa shape index (κ3) is 1.42. The minimum absolute atomic E-state index is 0.366. The van der Waals surface area contributed by atoms with E-state index >= 15 is 0 Å². The van der Waals surface area contributed by atoms with E-state index in [1.54, 1.807) is 12.1 Å². The van der Waals surface area contributed by atoms with Gasteiger partial charge in [0.05, 0.1) is 0 Å². The summed E-state index contributed by atoms with van der Waals surface area (Å²) in [5, 5.41) is 12.8. The number of anilines is 1. The number of hydrogen-bond acceptors (Lipinski definition) is 2. The van der Waals surface area contributed by atoms with Crippen molar-refractivity contribution in [3.63, 3.8) is 0 Å². The van der Waals surface area contributed by atoms with Gasteiger partial charge in [-0.3, -0.25) is 4.79 Å². The van der Waals surface area contributed by atoms with Gasteiger partial charge in [-0.25, -0.2) is 0 Å². The Morgan fingerprint density at radius 2 is 2.21 bits per heavy atom. The maximum absolute atomic E-state index is 10.9. The first kappa shape index (κ1) is 9.62. The number of nitrogens with one attached hydrogen (secondary N) is 1. The predicted octanol–water partition coefficient (Wildman–Crippen LogP) is 2.59. The largest absolute Gasteiger partial charge is 0.481 e. The summed E-state index contributed by atoms with van der Waals surface area (Å²) in [6.45, 7) is 0.366. The first-order valence-corrected chi connectivity index (χ1v) is 4.81. The zero-order valence-corrected chi connectivity index (χ0v) is 8.56. The standard InChI is InChI=1S/C9H7Cl2NO2/c10-4-1-6(11)8-5(9(13)14)3-12-7(8)2-4/h1-2,5,12H,3H2,(H,13,14). The molecule has 1 aromatic rings. The Kier molecular flexibility index (Phi) is 2.29. The van der Waals surface area contributed by atoms with Gasteiger partial charge in [0.15, 0.2) is 0 Å². The van der Waals surface area contributed by atoms with E-state index in [2.05, 4.69) is 5.32 Å². The number of halogens is 2. The molecular formula is C9H7Cl2NO2. The fourth-order valence-electron chi connectivity index (χ4n) is 1.61. The summed E-state index contributed by atoms with van der Waals surface area (Å²) < 4.78 is 0. The van der Waals surface area contributed by atoms with Crippen molar-refractivity contribution < 1.29 is 9.90 Å². The van der Waals surface area contributed by atoms with Crippen LogP contribution in [0, 0.1) is 0 Å². The number of carbonyl (C=O) groups is 1.